The molecule has 13 heteroatoms. The van der Waals surface area contributed by atoms with Crippen molar-refractivity contribution in [1.29, 1.82) is 0 Å². The number of carbonyl (C=O) groups is 5. The summed E-state index contributed by atoms with van der Waals surface area (Å²) in [5, 5.41) is 11.6. The number of aromatic nitrogens is 1. The molecule has 2 unspecified atom stereocenters. The Morgan fingerprint density at radius 2 is 1.95 bits per heavy atom. The molecule has 0 aromatic carbocycles. The van der Waals surface area contributed by atoms with E-state index in [9.17, 15) is 24.0 Å². The molecule has 1 aromatic rings. The normalized spacial score (nSPS) is 22.9. The summed E-state index contributed by atoms with van der Waals surface area (Å²) in [4.78, 5) is 64.5. The van der Waals surface area contributed by atoms with E-state index in [-0.39, 0.29) is 43.2 Å². The summed E-state index contributed by atoms with van der Waals surface area (Å²) in [6.45, 7) is 9.58. The molecule has 0 aliphatic carbocycles. The Morgan fingerprint density at radius 3 is 2.59 bits per heavy atom. The molecule has 3 N–H and O–H groups in total. The van der Waals surface area contributed by atoms with Gasteiger partial charge in [0.1, 0.15) is 11.6 Å². The van der Waals surface area contributed by atoms with Crippen LogP contribution in [0, 0.1) is 5.92 Å². The van der Waals surface area contributed by atoms with Crippen LogP contribution in [0.2, 0.25) is 0 Å². The van der Waals surface area contributed by atoms with Crippen LogP contribution in [0.1, 0.15) is 59.6 Å². The van der Waals surface area contributed by atoms with Gasteiger partial charge in [0, 0.05) is 12.1 Å². The van der Waals surface area contributed by atoms with Crippen molar-refractivity contribution in [1.82, 2.24) is 26.0 Å². The van der Waals surface area contributed by atoms with Gasteiger partial charge in [0.25, 0.3) is 0 Å². The Labute approximate surface area is 227 Å². The Balaban J connectivity index is 1.44. The lowest BCUT2D eigenvalue weighted by molar-refractivity contribution is -0.137. The lowest BCUT2D eigenvalue weighted by Gasteiger charge is -2.25. The molecule has 216 valence electrons. The van der Waals surface area contributed by atoms with Crippen molar-refractivity contribution in [2.24, 2.45) is 5.92 Å². The van der Waals surface area contributed by atoms with Gasteiger partial charge in [-0.1, -0.05) is 25.9 Å². The number of ether oxygens (including phenoxy) is 2. The third-order valence-electron chi connectivity index (χ3n) is 6.57. The van der Waals surface area contributed by atoms with Crippen LogP contribution in [0.25, 0.3) is 0 Å². The minimum Gasteiger partial charge on any atom is -0.464 e. The maximum absolute atomic E-state index is 12.9. The highest BCUT2D eigenvalue weighted by Crippen LogP contribution is 2.29. The molecule has 3 rings (SSSR count). The molecule has 0 spiro atoms. The fourth-order valence-corrected chi connectivity index (χ4v) is 4.36. The average Bonchev–Trinajstić information content (AvgIpc) is 3.38. The molecule has 2 aliphatic rings. The van der Waals surface area contributed by atoms with Gasteiger partial charge in [0.05, 0.1) is 44.5 Å². The first-order chi connectivity index (χ1) is 18.4. The molecular weight excluding hydrogens is 510 g/mol. The van der Waals surface area contributed by atoms with Crippen LogP contribution in [0.5, 0.6) is 5.95 Å². The summed E-state index contributed by atoms with van der Waals surface area (Å²) in [6.07, 6.45) is 1.47. The van der Waals surface area contributed by atoms with Crippen LogP contribution in [0.4, 0.5) is 0 Å². The van der Waals surface area contributed by atoms with E-state index >= 15 is 0 Å². The quantitative estimate of drug-likeness (QED) is 0.257. The molecule has 3 heterocycles. The second-order valence-electron chi connectivity index (χ2n) is 10.7. The maximum Gasteiger partial charge on any atom is 0.311 e. The minimum atomic E-state index is -0.866. The van der Waals surface area contributed by atoms with Crippen molar-refractivity contribution < 1.29 is 38.0 Å². The minimum absolute atomic E-state index is 0.0971. The van der Waals surface area contributed by atoms with Crippen LogP contribution in [-0.4, -0.2) is 89.5 Å². The van der Waals surface area contributed by atoms with Gasteiger partial charge in [-0.2, -0.15) is 0 Å². The van der Waals surface area contributed by atoms with Gasteiger partial charge in [0.15, 0.2) is 5.78 Å². The first-order valence-corrected chi connectivity index (χ1v) is 13.3. The van der Waals surface area contributed by atoms with E-state index in [4.69, 9.17) is 14.0 Å². The third-order valence-corrected chi connectivity index (χ3v) is 6.57. The zero-order chi connectivity index (χ0) is 28.7. The second kappa shape index (κ2) is 13.0. The van der Waals surface area contributed by atoms with Crippen molar-refractivity contribution in [2.75, 3.05) is 26.3 Å². The van der Waals surface area contributed by atoms with E-state index in [0.29, 0.717) is 31.7 Å². The molecule has 0 saturated carbocycles. The lowest BCUT2D eigenvalue weighted by atomic mass is 9.93. The summed E-state index contributed by atoms with van der Waals surface area (Å²) in [5.74, 6) is -1.61. The number of likely N-dealkylation sites (tertiary alicyclic amines) is 1. The molecule has 2 saturated heterocycles. The molecule has 13 nitrogen and oxygen atoms in total. The number of rotatable bonds is 15. The molecule has 4 amide bonds. The zero-order valence-electron chi connectivity index (χ0n) is 23.2. The molecular formula is C26H39N5O8. The summed E-state index contributed by atoms with van der Waals surface area (Å²) in [5.41, 5.74) is -0.501. The van der Waals surface area contributed by atoms with Crippen molar-refractivity contribution in [3.05, 3.63) is 11.8 Å². The van der Waals surface area contributed by atoms with Gasteiger partial charge in [-0.25, -0.2) is 0 Å². The van der Waals surface area contributed by atoms with Crippen molar-refractivity contribution >= 4 is 29.4 Å². The fourth-order valence-electron chi connectivity index (χ4n) is 4.36. The highest BCUT2D eigenvalue weighted by molar-refractivity contribution is 5.98. The van der Waals surface area contributed by atoms with E-state index in [1.165, 1.54) is 11.0 Å². The van der Waals surface area contributed by atoms with Gasteiger partial charge < -0.3 is 34.8 Å². The number of hydrogen-bond acceptors (Lipinski definition) is 9. The summed E-state index contributed by atoms with van der Waals surface area (Å²) in [6, 6.07) is -0.315. The van der Waals surface area contributed by atoms with Crippen molar-refractivity contribution in [3.63, 3.8) is 0 Å². The standard InChI is InChI=1S/C26H39N5O8/c1-6-7-37-23-11-17(30-39-23)10-20(32)27-12-21(33)29-19-9-16(4)31(25(19)36)13-22(34)28-18(8-15(2)3)24(35)26(5)14-38-26/h11,15-16,18-19H,6-10,12-14H2,1-5H3,(H,27,32)(H,28,34)(H,29,33)/t16?,18-,19-,26?/m0/s1. The van der Waals surface area contributed by atoms with E-state index in [2.05, 4.69) is 21.1 Å². The second-order valence-corrected chi connectivity index (χ2v) is 10.7. The van der Waals surface area contributed by atoms with Gasteiger partial charge in [-0.15, -0.1) is 0 Å². The number of ketones is 1. The highest BCUT2D eigenvalue weighted by Gasteiger charge is 2.50. The van der Waals surface area contributed by atoms with Gasteiger partial charge >= 0.3 is 5.95 Å². The topological polar surface area (TPSA) is 172 Å². The number of hydrogen-bond donors (Lipinski definition) is 3. The van der Waals surface area contributed by atoms with Crippen LogP contribution < -0.4 is 20.7 Å². The predicted octanol–water partition coefficient (Wildman–Crippen LogP) is 0.117. The number of nitrogens with one attached hydrogen (secondary N) is 3. The number of nitrogens with zero attached hydrogens (tertiary/aromatic N) is 2. The van der Waals surface area contributed by atoms with Crippen molar-refractivity contribution in [3.8, 4) is 5.95 Å². The van der Waals surface area contributed by atoms with Crippen LogP contribution in [-0.2, 0) is 35.1 Å². The number of carbonyl (C=O) groups excluding carboxylic acids is 5. The lowest BCUT2D eigenvalue weighted by Crippen LogP contribution is -2.51. The van der Waals surface area contributed by atoms with E-state index in [0.717, 1.165) is 6.42 Å². The fraction of sp³-hybridized carbons (Fsp3) is 0.692. The smallest absolute Gasteiger partial charge is 0.311 e. The molecule has 2 fully saturated rings. The third kappa shape index (κ3) is 8.50. The number of Topliss-reactive ketones (excluding diaryl/α,β-unsaturated/α-hetero) is 1. The van der Waals surface area contributed by atoms with E-state index < -0.39 is 41.3 Å². The summed E-state index contributed by atoms with van der Waals surface area (Å²) in [7, 11) is 0. The molecule has 4 atom stereocenters. The predicted molar refractivity (Wildman–Crippen MR) is 137 cm³/mol. The van der Waals surface area contributed by atoms with Gasteiger partial charge in [-0.3, -0.25) is 24.0 Å². The van der Waals surface area contributed by atoms with E-state index in [1.807, 2.05) is 20.8 Å². The zero-order valence-corrected chi connectivity index (χ0v) is 23.2. The van der Waals surface area contributed by atoms with Crippen LogP contribution in [0.15, 0.2) is 10.6 Å². The molecule has 0 radical (unpaired) electrons. The molecule has 0 bridgehead atoms. The maximum atomic E-state index is 12.9. The number of amides is 4. The Morgan fingerprint density at radius 1 is 1.23 bits per heavy atom. The van der Waals surface area contributed by atoms with Crippen LogP contribution in [0.3, 0.4) is 0 Å². The van der Waals surface area contributed by atoms with Gasteiger partial charge in [-0.05, 0) is 39.0 Å². The largest absolute Gasteiger partial charge is 0.464 e. The summed E-state index contributed by atoms with van der Waals surface area (Å²) < 4.78 is 15.5. The Bertz CT molecular complexity index is 1070. The monoisotopic (exact) mass is 549 g/mol. The first-order valence-electron chi connectivity index (χ1n) is 13.3. The average molecular weight is 550 g/mol. The summed E-state index contributed by atoms with van der Waals surface area (Å²) >= 11 is 0. The van der Waals surface area contributed by atoms with Crippen LogP contribution >= 0.6 is 0 Å². The molecule has 39 heavy (non-hydrogen) atoms. The SMILES string of the molecule is CCCOc1cc(CC(=O)NCC(=O)N[C@H]2CC(C)N(CC(=O)N[C@@H](CC(C)C)C(=O)C3(C)CO3)C2=O)no1. The Hall–Kier alpha value is -3.48. The highest BCUT2D eigenvalue weighted by atomic mass is 16.6. The Kier molecular flexibility index (Phi) is 10.1. The molecule has 2 aliphatic heterocycles. The van der Waals surface area contributed by atoms with Gasteiger partial charge in [0.2, 0.25) is 23.6 Å². The van der Waals surface area contributed by atoms with E-state index in [1.54, 1.807) is 13.8 Å². The molecule has 1 aromatic heterocycles. The van der Waals surface area contributed by atoms with Crippen molar-refractivity contribution in [2.45, 2.75) is 84.0 Å². The number of epoxide rings is 1. The first kappa shape index (κ1) is 30.1.